The molecule has 0 fully saturated rings. The van der Waals surface area contributed by atoms with Crippen LogP contribution >= 0.6 is 11.6 Å². The first-order valence-electron chi connectivity index (χ1n) is 5.29. The highest BCUT2D eigenvalue weighted by Gasteiger charge is 2.04. The fourth-order valence-corrected chi connectivity index (χ4v) is 1.50. The van der Waals surface area contributed by atoms with Crippen LogP contribution in [0.4, 0.5) is 5.69 Å². The van der Waals surface area contributed by atoms with E-state index in [9.17, 15) is 9.59 Å². The predicted molar refractivity (Wildman–Crippen MR) is 68.6 cm³/mol. The molecule has 0 heterocycles. The number of benzene rings is 1. The number of hydrogen-bond acceptors (Lipinski definition) is 3. The number of Topliss-reactive ketones (excluding diaryl/α,β-unsaturated/α-hetero) is 1. The lowest BCUT2D eigenvalue weighted by Crippen LogP contribution is -2.26. The molecule has 17 heavy (non-hydrogen) atoms. The fraction of sp³-hybridized carbons (Fsp3) is 0.333. The van der Waals surface area contributed by atoms with Crippen molar-refractivity contribution < 1.29 is 9.59 Å². The SMILES string of the molecule is CC(=O)NCCNc1cc(C(C)=O)ccc1Cl. The van der Waals surface area contributed by atoms with Gasteiger partial charge in [-0.15, -0.1) is 0 Å². The van der Waals surface area contributed by atoms with Gasteiger partial charge in [-0.05, 0) is 25.1 Å². The van der Waals surface area contributed by atoms with Crippen molar-refractivity contribution in [3.63, 3.8) is 0 Å². The van der Waals surface area contributed by atoms with Gasteiger partial charge in [-0.2, -0.15) is 0 Å². The highest BCUT2D eigenvalue weighted by atomic mass is 35.5. The third-order valence-corrected chi connectivity index (χ3v) is 2.52. The molecule has 4 nitrogen and oxygen atoms in total. The van der Waals surface area contributed by atoms with Gasteiger partial charge in [0, 0.05) is 25.6 Å². The second-order valence-corrected chi connectivity index (χ2v) is 4.07. The zero-order valence-electron chi connectivity index (χ0n) is 9.84. The molecule has 0 atom stereocenters. The normalized spacial score (nSPS) is 9.82. The molecule has 0 saturated carbocycles. The highest BCUT2D eigenvalue weighted by Crippen LogP contribution is 2.22. The fourth-order valence-electron chi connectivity index (χ4n) is 1.32. The van der Waals surface area contributed by atoms with Crippen molar-refractivity contribution in [1.29, 1.82) is 0 Å². The van der Waals surface area contributed by atoms with Gasteiger partial charge in [0.05, 0.1) is 10.7 Å². The monoisotopic (exact) mass is 254 g/mol. The molecule has 1 aromatic rings. The van der Waals surface area contributed by atoms with Crippen molar-refractivity contribution >= 4 is 29.0 Å². The Hall–Kier alpha value is -1.55. The lowest BCUT2D eigenvalue weighted by atomic mass is 10.1. The number of ketones is 1. The summed E-state index contributed by atoms with van der Waals surface area (Å²) in [7, 11) is 0. The number of halogens is 1. The summed E-state index contributed by atoms with van der Waals surface area (Å²) in [6.45, 7) is 4.03. The smallest absolute Gasteiger partial charge is 0.216 e. The lowest BCUT2D eigenvalue weighted by molar-refractivity contribution is -0.118. The standard InChI is InChI=1S/C12H15ClN2O2/c1-8(16)10-3-4-11(13)12(7-10)15-6-5-14-9(2)17/h3-4,7,15H,5-6H2,1-2H3,(H,14,17). The van der Waals surface area contributed by atoms with Gasteiger partial charge in [0.25, 0.3) is 0 Å². The van der Waals surface area contributed by atoms with Crippen LogP contribution in [-0.2, 0) is 4.79 Å². The van der Waals surface area contributed by atoms with Crippen molar-refractivity contribution in [2.24, 2.45) is 0 Å². The van der Waals surface area contributed by atoms with Crippen LogP contribution in [0.3, 0.4) is 0 Å². The first kappa shape index (κ1) is 13.5. The largest absolute Gasteiger partial charge is 0.382 e. The average Bonchev–Trinajstić information content (AvgIpc) is 2.25. The van der Waals surface area contributed by atoms with Crippen LogP contribution in [0.25, 0.3) is 0 Å². The lowest BCUT2D eigenvalue weighted by Gasteiger charge is -2.09. The molecule has 0 saturated heterocycles. The van der Waals surface area contributed by atoms with E-state index in [2.05, 4.69) is 10.6 Å². The van der Waals surface area contributed by atoms with E-state index in [0.29, 0.717) is 29.4 Å². The summed E-state index contributed by atoms with van der Waals surface area (Å²) < 4.78 is 0. The van der Waals surface area contributed by atoms with Gasteiger partial charge in [0.1, 0.15) is 0 Å². The summed E-state index contributed by atoms with van der Waals surface area (Å²) in [5.74, 6) is -0.0815. The Morgan fingerprint density at radius 3 is 2.53 bits per heavy atom. The molecule has 5 heteroatoms. The molecule has 0 aliphatic heterocycles. The first-order chi connectivity index (χ1) is 8.00. The number of carbonyl (C=O) groups is 2. The van der Waals surface area contributed by atoms with E-state index in [1.54, 1.807) is 18.2 Å². The highest BCUT2D eigenvalue weighted by molar-refractivity contribution is 6.33. The van der Waals surface area contributed by atoms with Gasteiger partial charge in [-0.3, -0.25) is 9.59 Å². The second kappa shape index (κ2) is 6.25. The Labute approximate surface area is 105 Å². The number of amides is 1. The van der Waals surface area contributed by atoms with Gasteiger partial charge < -0.3 is 10.6 Å². The third kappa shape index (κ3) is 4.44. The Kier molecular flexibility index (Phi) is 4.97. The molecule has 0 unspecified atom stereocenters. The summed E-state index contributed by atoms with van der Waals surface area (Å²) in [6.07, 6.45) is 0. The van der Waals surface area contributed by atoms with Crippen LogP contribution in [0.15, 0.2) is 18.2 Å². The van der Waals surface area contributed by atoms with Gasteiger partial charge in [-0.1, -0.05) is 11.6 Å². The number of nitrogens with one attached hydrogen (secondary N) is 2. The molecule has 1 aromatic carbocycles. The summed E-state index contributed by atoms with van der Waals surface area (Å²) in [6, 6.07) is 5.07. The molecule has 0 aromatic heterocycles. The zero-order chi connectivity index (χ0) is 12.8. The quantitative estimate of drug-likeness (QED) is 0.625. The summed E-state index contributed by atoms with van der Waals surface area (Å²) >= 11 is 5.98. The van der Waals surface area contributed by atoms with Crippen LogP contribution in [0, 0.1) is 0 Å². The maximum absolute atomic E-state index is 11.2. The molecule has 0 aliphatic carbocycles. The van der Waals surface area contributed by atoms with Crippen LogP contribution in [-0.4, -0.2) is 24.8 Å². The molecular formula is C12H15ClN2O2. The van der Waals surface area contributed by atoms with E-state index in [1.807, 2.05) is 0 Å². The Balaban J connectivity index is 2.60. The molecule has 0 radical (unpaired) electrons. The predicted octanol–water partition coefficient (Wildman–Crippen LogP) is 2.09. The van der Waals surface area contributed by atoms with E-state index in [4.69, 9.17) is 11.6 Å². The van der Waals surface area contributed by atoms with Crippen molar-refractivity contribution in [3.05, 3.63) is 28.8 Å². The molecule has 1 amide bonds. The van der Waals surface area contributed by atoms with E-state index in [1.165, 1.54) is 13.8 Å². The van der Waals surface area contributed by atoms with Crippen LogP contribution < -0.4 is 10.6 Å². The molecular weight excluding hydrogens is 240 g/mol. The molecule has 0 bridgehead atoms. The maximum Gasteiger partial charge on any atom is 0.216 e. The van der Waals surface area contributed by atoms with Crippen LogP contribution in [0.5, 0.6) is 0 Å². The molecule has 2 N–H and O–H groups in total. The number of anilines is 1. The maximum atomic E-state index is 11.2. The topological polar surface area (TPSA) is 58.2 Å². The second-order valence-electron chi connectivity index (χ2n) is 3.66. The van der Waals surface area contributed by atoms with Crippen molar-refractivity contribution in [3.8, 4) is 0 Å². The number of rotatable bonds is 5. The van der Waals surface area contributed by atoms with E-state index in [-0.39, 0.29) is 11.7 Å². The summed E-state index contributed by atoms with van der Waals surface area (Å²) in [4.78, 5) is 21.9. The van der Waals surface area contributed by atoms with Gasteiger partial charge in [0.2, 0.25) is 5.91 Å². The van der Waals surface area contributed by atoms with Crippen molar-refractivity contribution in [1.82, 2.24) is 5.32 Å². The Bertz CT molecular complexity index is 433. The van der Waals surface area contributed by atoms with Gasteiger partial charge in [0.15, 0.2) is 5.78 Å². The minimum Gasteiger partial charge on any atom is -0.382 e. The first-order valence-corrected chi connectivity index (χ1v) is 5.67. The molecule has 1 rings (SSSR count). The molecule has 92 valence electrons. The molecule has 0 aliphatic rings. The van der Waals surface area contributed by atoms with E-state index < -0.39 is 0 Å². The van der Waals surface area contributed by atoms with E-state index in [0.717, 1.165) is 0 Å². The Morgan fingerprint density at radius 2 is 1.94 bits per heavy atom. The van der Waals surface area contributed by atoms with Crippen LogP contribution in [0.1, 0.15) is 24.2 Å². The number of hydrogen-bond donors (Lipinski definition) is 2. The zero-order valence-corrected chi connectivity index (χ0v) is 10.6. The minimum absolute atomic E-state index is 0.00780. The average molecular weight is 255 g/mol. The minimum atomic E-state index is -0.0737. The third-order valence-electron chi connectivity index (χ3n) is 2.19. The van der Waals surface area contributed by atoms with Crippen molar-refractivity contribution in [2.75, 3.05) is 18.4 Å². The van der Waals surface area contributed by atoms with Crippen molar-refractivity contribution in [2.45, 2.75) is 13.8 Å². The Morgan fingerprint density at radius 1 is 1.24 bits per heavy atom. The van der Waals surface area contributed by atoms with Gasteiger partial charge >= 0.3 is 0 Å². The van der Waals surface area contributed by atoms with Gasteiger partial charge in [-0.25, -0.2) is 0 Å². The summed E-state index contributed by atoms with van der Waals surface area (Å²) in [5.41, 5.74) is 1.31. The van der Waals surface area contributed by atoms with Crippen LogP contribution in [0.2, 0.25) is 5.02 Å². The summed E-state index contributed by atoms with van der Waals surface area (Å²) in [5, 5.41) is 6.28. The van der Waals surface area contributed by atoms with E-state index >= 15 is 0 Å². The molecule has 0 spiro atoms. The number of carbonyl (C=O) groups excluding carboxylic acids is 2.